The molecule has 3 N–H and O–H groups in total. The molecule has 0 saturated carbocycles. The number of fused-ring (bicyclic) bond motifs is 1. The number of hydrogen-bond donors (Lipinski definition) is 2. The molecule has 1 unspecified atom stereocenters. The molecule has 2 aromatic rings. The smallest absolute Gasteiger partial charge is 0.245 e. The number of hydrogen-bond acceptors (Lipinski definition) is 5. The largest absolute Gasteiger partial charge is 0.345 e. The van der Waals surface area contributed by atoms with E-state index in [9.17, 15) is 8.42 Å². The van der Waals surface area contributed by atoms with Gasteiger partial charge in [0.2, 0.25) is 10.0 Å². The van der Waals surface area contributed by atoms with E-state index in [4.69, 9.17) is 5.73 Å². The van der Waals surface area contributed by atoms with Crippen molar-refractivity contribution < 1.29 is 8.42 Å². The van der Waals surface area contributed by atoms with E-state index in [2.05, 4.69) is 14.9 Å². The van der Waals surface area contributed by atoms with Gasteiger partial charge < -0.3 is 15.6 Å². The number of nitrogens with zero attached hydrogens (tertiary/aromatic N) is 3. The molecule has 1 saturated heterocycles. The maximum Gasteiger partial charge on any atom is 0.245 e. The molecule has 7 nitrogen and oxygen atoms in total. The Morgan fingerprint density at radius 2 is 2.29 bits per heavy atom. The van der Waals surface area contributed by atoms with Crippen molar-refractivity contribution in [1.29, 1.82) is 0 Å². The number of nitrogens with one attached hydrogen (secondary N) is 1. The minimum absolute atomic E-state index is 0.199. The van der Waals surface area contributed by atoms with Gasteiger partial charge in [-0.2, -0.15) is 4.31 Å². The van der Waals surface area contributed by atoms with Crippen LogP contribution in [0.1, 0.15) is 0 Å². The van der Waals surface area contributed by atoms with Gasteiger partial charge in [0.15, 0.2) is 0 Å². The molecule has 0 aliphatic carbocycles. The summed E-state index contributed by atoms with van der Waals surface area (Å²) in [5, 5.41) is 0.618. The second-order valence-corrected chi connectivity index (χ2v) is 7.18. The van der Waals surface area contributed by atoms with Crippen LogP contribution in [0.5, 0.6) is 0 Å². The second-order valence-electron chi connectivity index (χ2n) is 5.32. The third-order valence-electron chi connectivity index (χ3n) is 3.90. The first-order chi connectivity index (χ1) is 10.0. The van der Waals surface area contributed by atoms with E-state index in [1.807, 2.05) is 7.05 Å². The Labute approximate surface area is 123 Å². The third-order valence-corrected chi connectivity index (χ3v) is 5.90. The Morgan fingerprint density at radius 1 is 1.48 bits per heavy atom. The average molecular weight is 309 g/mol. The predicted octanol–water partition coefficient (Wildman–Crippen LogP) is -0.174. The van der Waals surface area contributed by atoms with Gasteiger partial charge in [-0.1, -0.05) is 0 Å². The maximum absolute atomic E-state index is 12.9. The highest BCUT2D eigenvalue weighted by Crippen LogP contribution is 2.26. The summed E-state index contributed by atoms with van der Waals surface area (Å²) in [6.45, 7) is 2.12. The first-order valence-electron chi connectivity index (χ1n) is 6.86. The number of H-pyrrole nitrogens is 1. The molecule has 1 aliphatic heterocycles. The minimum atomic E-state index is -3.57. The number of sulfonamides is 1. The molecule has 0 spiro atoms. The van der Waals surface area contributed by atoms with Gasteiger partial charge in [0.05, 0.1) is 6.04 Å². The molecule has 114 valence electrons. The van der Waals surface area contributed by atoms with E-state index in [1.165, 1.54) is 10.5 Å². The summed E-state index contributed by atoms with van der Waals surface area (Å²) >= 11 is 0. The number of likely N-dealkylation sites (N-methyl/N-ethyl adjacent to an activating group) is 1. The minimum Gasteiger partial charge on any atom is -0.345 e. The van der Waals surface area contributed by atoms with Gasteiger partial charge in [-0.15, -0.1) is 0 Å². The van der Waals surface area contributed by atoms with Gasteiger partial charge in [0.25, 0.3) is 0 Å². The summed E-state index contributed by atoms with van der Waals surface area (Å²) in [5.41, 5.74) is 6.34. The fourth-order valence-corrected chi connectivity index (χ4v) is 4.54. The number of rotatable bonds is 3. The Hall–Kier alpha value is -1.48. The maximum atomic E-state index is 12.9. The fourth-order valence-electron chi connectivity index (χ4n) is 2.77. The SMILES string of the molecule is CN1CCN(S(=O)(=O)c2c[nH]c3ncccc23)C(CN)C1. The summed E-state index contributed by atoms with van der Waals surface area (Å²) in [4.78, 5) is 9.43. The van der Waals surface area contributed by atoms with E-state index < -0.39 is 10.0 Å². The van der Waals surface area contributed by atoms with Crippen LogP contribution in [0, 0.1) is 0 Å². The first kappa shape index (κ1) is 14.5. The highest BCUT2D eigenvalue weighted by Gasteiger charge is 2.35. The Bertz CT molecular complexity index is 742. The van der Waals surface area contributed by atoms with Crippen molar-refractivity contribution in [2.24, 2.45) is 5.73 Å². The van der Waals surface area contributed by atoms with E-state index in [0.29, 0.717) is 37.2 Å². The van der Waals surface area contributed by atoms with Crippen LogP contribution in [0.3, 0.4) is 0 Å². The molecule has 21 heavy (non-hydrogen) atoms. The molecule has 0 radical (unpaired) electrons. The third kappa shape index (κ3) is 2.44. The molecule has 2 aromatic heterocycles. The van der Waals surface area contributed by atoms with E-state index >= 15 is 0 Å². The lowest BCUT2D eigenvalue weighted by molar-refractivity contribution is 0.164. The zero-order chi connectivity index (χ0) is 15.0. The standard InChI is InChI=1S/C13H19N5O2S/c1-17-5-6-18(10(7-14)9-17)21(19,20)12-8-16-13-11(12)3-2-4-15-13/h2-4,8,10H,5-7,9,14H2,1H3,(H,15,16). The van der Waals surface area contributed by atoms with Crippen molar-refractivity contribution in [1.82, 2.24) is 19.2 Å². The van der Waals surface area contributed by atoms with Crippen molar-refractivity contribution in [3.8, 4) is 0 Å². The van der Waals surface area contributed by atoms with Gasteiger partial charge in [-0.05, 0) is 19.2 Å². The van der Waals surface area contributed by atoms with Gasteiger partial charge in [-0.25, -0.2) is 13.4 Å². The number of aromatic nitrogens is 2. The molecular formula is C13H19N5O2S. The number of pyridine rings is 1. The molecule has 1 atom stereocenters. The van der Waals surface area contributed by atoms with E-state index in [1.54, 1.807) is 18.3 Å². The summed E-state index contributed by atoms with van der Waals surface area (Å²) in [6, 6.07) is 3.30. The molecular weight excluding hydrogens is 290 g/mol. The monoisotopic (exact) mass is 309 g/mol. The van der Waals surface area contributed by atoms with Crippen LogP contribution >= 0.6 is 0 Å². The van der Waals surface area contributed by atoms with Crippen LogP contribution in [-0.2, 0) is 10.0 Å². The Kier molecular flexibility index (Phi) is 3.70. The van der Waals surface area contributed by atoms with Crippen LogP contribution in [0.4, 0.5) is 0 Å². The van der Waals surface area contributed by atoms with Crippen LogP contribution in [0.2, 0.25) is 0 Å². The van der Waals surface area contributed by atoms with Crippen LogP contribution in [0.25, 0.3) is 11.0 Å². The summed E-state index contributed by atoms with van der Waals surface area (Å²) < 4.78 is 27.4. The molecule has 3 heterocycles. The number of aromatic amines is 1. The van der Waals surface area contributed by atoms with Gasteiger partial charge in [-0.3, -0.25) is 0 Å². The van der Waals surface area contributed by atoms with Gasteiger partial charge in [0.1, 0.15) is 10.5 Å². The lowest BCUT2D eigenvalue weighted by atomic mass is 10.2. The zero-order valence-electron chi connectivity index (χ0n) is 11.9. The number of nitrogens with two attached hydrogens (primary N) is 1. The first-order valence-corrected chi connectivity index (χ1v) is 8.30. The van der Waals surface area contributed by atoms with Crippen LogP contribution < -0.4 is 5.73 Å². The molecule has 1 aliphatic rings. The Morgan fingerprint density at radius 3 is 3.05 bits per heavy atom. The second kappa shape index (κ2) is 5.38. The molecule has 3 rings (SSSR count). The topological polar surface area (TPSA) is 95.3 Å². The summed E-state index contributed by atoms with van der Waals surface area (Å²) in [5.74, 6) is 0. The lowest BCUT2D eigenvalue weighted by Crippen LogP contribution is -2.56. The molecule has 0 aromatic carbocycles. The number of piperazine rings is 1. The highest BCUT2D eigenvalue weighted by molar-refractivity contribution is 7.89. The fraction of sp³-hybridized carbons (Fsp3) is 0.462. The van der Waals surface area contributed by atoms with Gasteiger partial charge >= 0.3 is 0 Å². The van der Waals surface area contributed by atoms with Crippen molar-refractivity contribution in [3.63, 3.8) is 0 Å². The van der Waals surface area contributed by atoms with Gasteiger partial charge in [0, 0.05) is 44.0 Å². The quantitative estimate of drug-likeness (QED) is 0.820. The Balaban J connectivity index is 2.03. The van der Waals surface area contributed by atoms with Crippen molar-refractivity contribution in [2.45, 2.75) is 10.9 Å². The van der Waals surface area contributed by atoms with Crippen molar-refractivity contribution in [3.05, 3.63) is 24.5 Å². The molecule has 8 heteroatoms. The molecule has 0 amide bonds. The van der Waals surface area contributed by atoms with Crippen LogP contribution in [-0.4, -0.2) is 66.9 Å². The average Bonchev–Trinajstić information content (AvgIpc) is 2.91. The molecule has 1 fully saturated rings. The molecule has 0 bridgehead atoms. The lowest BCUT2D eigenvalue weighted by Gasteiger charge is -2.38. The van der Waals surface area contributed by atoms with Crippen LogP contribution in [0.15, 0.2) is 29.4 Å². The van der Waals surface area contributed by atoms with E-state index in [0.717, 1.165) is 0 Å². The normalized spacial score (nSPS) is 21.9. The zero-order valence-corrected chi connectivity index (χ0v) is 12.7. The predicted molar refractivity (Wildman–Crippen MR) is 80.3 cm³/mol. The highest BCUT2D eigenvalue weighted by atomic mass is 32.2. The van der Waals surface area contributed by atoms with Crippen molar-refractivity contribution >= 4 is 21.1 Å². The van der Waals surface area contributed by atoms with E-state index in [-0.39, 0.29) is 10.9 Å². The summed E-state index contributed by atoms with van der Waals surface area (Å²) in [6.07, 6.45) is 3.15. The van der Waals surface area contributed by atoms with Crippen molar-refractivity contribution in [2.75, 3.05) is 33.2 Å². The summed E-state index contributed by atoms with van der Waals surface area (Å²) in [7, 11) is -1.60.